The van der Waals surface area contributed by atoms with Gasteiger partial charge in [0.1, 0.15) is 0 Å². The molecule has 0 unspecified atom stereocenters. The summed E-state index contributed by atoms with van der Waals surface area (Å²) in [4.78, 5) is 0. The van der Waals surface area contributed by atoms with Crippen molar-refractivity contribution in [2.45, 2.75) is 13.5 Å². The SMILES string of the molecule is Cc1c(I)ccc(CO)c1Br. The molecule has 1 aromatic carbocycles. The van der Waals surface area contributed by atoms with Crippen LogP contribution in [0.3, 0.4) is 0 Å². The van der Waals surface area contributed by atoms with Gasteiger partial charge in [-0.25, -0.2) is 0 Å². The van der Waals surface area contributed by atoms with Crippen molar-refractivity contribution in [1.82, 2.24) is 0 Å². The van der Waals surface area contributed by atoms with Crippen molar-refractivity contribution in [3.05, 3.63) is 31.3 Å². The van der Waals surface area contributed by atoms with Crippen LogP contribution in [0.1, 0.15) is 11.1 Å². The van der Waals surface area contributed by atoms with E-state index >= 15 is 0 Å². The van der Waals surface area contributed by atoms with Crippen molar-refractivity contribution >= 4 is 38.5 Å². The van der Waals surface area contributed by atoms with E-state index in [-0.39, 0.29) is 6.61 Å². The summed E-state index contributed by atoms with van der Waals surface area (Å²) in [6.45, 7) is 2.13. The van der Waals surface area contributed by atoms with Crippen LogP contribution in [0, 0.1) is 10.5 Å². The molecule has 11 heavy (non-hydrogen) atoms. The van der Waals surface area contributed by atoms with E-state index in [9.17, 15) is 0 Å². The molecule has 0 heterocycles. The third-order valence-corrected chi connectivity index (χ3v) is 3.84. The first kappa shape index (κ1) is 9.48. The molecule has 0 aliphatic rings. The van der Waals surface area contributed by atoms with Crippen LogP contribution in [0.4, 0.5) is 0 Å². The summed E-state index contributed by atoms with van der Waals surface area (Å²) < 4.78 is 2.23. The largest absolute Gasteiger partial charge is 0.392 e. The lowest BCUT2D eigenvalue weighted by Gasteiger charge is -2.05. The minimum atomic E-state index is 0.0956. The first-order valence-electron chi connectivity index (χ1n) is 3.21. The van der Waals surface area contributed by atoms with Gasteiger partial charge in [0.2, 0.25) is 0 Å². The summed E-state index contributed by atoms with van der Waals surface area (Å²) in [7, 11) is 0. The summed E-state index contributed by atoms with van der Waals surface area (Å²) >= 11 is 5.70. The fourth-order valence-corrected chi connectivity index (χ4v) is 2.13. The fourth-order valence-electron chi connectivity index (χ4n) is 0.840. The summed E-state index contributed by atoms with van der Waals surface area (Å²) in [5.74, 6) is 0. The van der Waals surface area contributed by atoms with Crippen molar-refractivity contribution in [3.63, 3.8) is 0 Å². The average molecular weight is 327 g/mol. The Morgan fingerprint density at radius 2 is 2.18 bits per heavy atom. The lowest BCUT2D eigenvalue weighted by molar-refractivity contribution is 0.281. The first-order valence-corrected chi connectivity index (χ1v) is 5.08. The zero-order valence-electron chi connectivity index (χ0n) is 6.06. The second-order valence-electron chi connectivity index (χ2n) is 2.30. The monoisotopic (exact) mass is 326 g/mol. The zero-order valence-corrected chi connectivity index (χ0v) is 9.81. The van der Waals surface area contributed by atoms with E-state index in [1.165, 1.54) is 9.13 Å². The normalized spacial score (nSPS) is 10.2. The molecular weight excluding hydrogens is 319 g/mol. The summed E-state index contributed by atoms with van der Waals surface area (Å²) in [5.41, 5.74) is 2.14. The third kappa shape index (κ3) is 1.95. The molecule has 0 radical (unpaired) electrons. The van der Waals surface area contributed by atoms with Crippen LogP contribution >= 0.6 is 38.5 Å². The average Bonchev–Trinajstić information content (AvgIpc) is 2.01. The van der Waals surface area contributed by atoms with Crippen molar-refractivity contribution in [2.24, 2.45) is 0 Å². The lowest BCUT2D eigenvalue weighted by Crippen LogP contribution is -1.90. The van der Waals surface area contributed by atoms with Gasteiger partial charge in [-0.3, -0.25) is 0 Å². The minimum absolute atomic E-state index is 0.0956. The molecule has 0 atom stereocenters. The molecule has 0 aliphatic carbocycles. The molecule has 1 nitrogen and oxygen atoms in total. The Labute approximate surface area is 88.1 Å². The van der Waals surface area contributed by atoms with Gasteiger partial charge in [-0.15, -0.1) is 0 Å². The summed E-state index contributed by atoms with van der Waals surface area (Å²) in [5, 5.41) is 8.90. The Kier molecular flexibility index (Phi) is 3.33. The molecule has 0 saturated heterocycles. The van der Waals surface area contributed by atoms with E-state index in [1.807, 2.05) is 19.1 Å². The van der Waals surface area contributed by atoms with E-state index in [0.717, 1.165) is 10.0 Å². The molecular formula is C8H8BrIO. The van der Waals surface area contributed by atoms with Gasteiger partial charge in [-0.2, -0.15) is 0 Å². The van der Waals surface area contributed by atoms with E-state index in [4.69, 9.17) is 5.11 Å². The third-order valence-electron chi connectivity index (χ3n) is 1.57. The zero-order chi connectivity index (χ0) is 8.43. The molecule has 0 aliphatic heterocycles. The van der Waals surface area contributed by atoms with E-state index in [0.29, 0.717) is 0 Å². The van der Waals surface area contributed by atoms with Crippen LogP contribution in [-0.2, 0) is 6.61 Å². The highest BCUT2D eigenvalue weighted by Gasteiger charge is 2.03. The standard InChI is InChI=1S/C8H8BrIO/c1-5-7(10)3-2-6(4-11)8(5)9/h2-3,11H,4H2,1H3. The highest BCUT2D eigenvalue weighted by atomic mass is 127. The Bertz CT molecular complexity index is 273. The lowest BCUT2D eigenvalue weighted by atomic mass is 10.1. The van der Waals surface area contributed by atoms with Crippen LogP contribution in [0.25, 0.3) is 0 Å². The molecule has 0 spiro atoms. The van der Waals surface area contributed by atoms with Crippen molar-refractivity contribution < 1.29 is 5.11 Å². The summed E-state index contributed by atoms with van der Waals surface area (Å²) in [6.07, 6.45) is 0. The topological polar surface area (TPSA) is 20.2 Å². The maximum atomic E-state index is 8.90. The van der Waals surface area contributed by atoms with Crippen LogP contribution in [-0.4, -0.2) is 5.11 Å². The number of aliphatic hydroxyl groups excluding tert-OH is 1. The van der Waals surface area contributed by atoms with Crippen molar-refractivity contribution in [3.8, 4) is 0 Å². The number of hydrogen-bond donors (Lipinski definition) is 1. The molecule has 0 amide bonds. The maximum Gasteiger partial charge on any atom is 0.0692 e. The maximum absolute atomic E-state index is 8.90. The molecule has 1 rings (SSSR count). The second-order valence-corrected chi connectivity index (χ2v) is 4.26. The smallest absolute Gasteiger partial charge is 0.0692 e. The first-order chi connectivity index (χ1) is 5.16. The Balaban J connectivity index is 3.25. The van der Waals surface area contributed by atoms with E-state index in [1.54, 1.807) is 0 Å². The van der Waals surface area contributed by atoms with Gasteiger partial charge >= 0.3 is 0 Å². The molecule has 0 fully saturated rings. The predicted molar refractivity (Wildman–Crippen MR) is 57.5 cm³/mol. The molecule has 1 N–H and O–H groups in total. The molecule has 0 aromatic heterocycles. The van der Waals surface area contributed by atoms with Gasteiger partial charge in [-0.1, -0.05) is 22.0 Å². The van der Waals surface area contributed by atoms with Gasteiger partial charge in [0, 0.05) is 8.04 Å². The molecule has 0 saturated carbocycles. The number of aliphatic hydroxyl groups is 1. The Hall–Kier alpha value is 0.390. The summed E-state index contributed by atoms with van der Waals surface area (Å²) in [6, 6.07) is 3.94. The van der Waals surface area contributed by atoms with E-state index in [2.05, 4.69) is 38.5 Å². The van der Waals surface area contributed by atoms with Crippen molar-refractivity contribution in [1.29, 1.82) is 0 Å². The van der Waals surface area contributed by atoms with E-state index < -0.39 is 0 Å². The van der Waals surface area contributed by atoms with Crippen LogP contribution in [0.5, 0.6) is 0 Å². The quantitative estimate of drug-likeness (QED) is 0.787. The minimum Gasteiger partial charge on any atom is -0.392 e. The van der Waals surface area contributed by atoms with Crippen LogP contribution in [0.15, 0.2) is 16.6 Å². The highest BCUT2D eigenvalue weighted by Crippen LogP contribution is 2.25. The fraction of sp³-hybridized carbons (Fsp3) is 0.250. The number of rotatable bonds is 1. The predicted octanol–water partition coefficient (Wildman–Crippen LogP) is 2.85. The van der Waals surface area contributed by atoms with Crippen molar-refractivity contribution in [2.75, 3.05) is 0 Å². The second kappa shape index (κ2) is 3.87. The molecule has 3 heteroatoms. The highest BCUT2D eigenvalue weighted by molar-refractivity contribution is 14.1. The van der Waals surface area contributed by atoms with Gasteiger partial charge < -0.3 is 5.11 Å². The number of hydrogen-bond acceptors (Lipinski definition) is 1. The molecule has 1 aromatic rings. The van der Waals surface area contributed by atoms with Gasteiger partial charge in [0.15, 0.2) is 0 Å². The van der Waals surface area contributed by atoms with Crippen LogP contribution < -0.4 is 0 Å². The molecule has 60 valence electrons. The Morgan fingerprint density at radius 3 is 2.73 bits per heavy atom. The Morgan fingerprint density at radius 1 is 1.55 bits per heavy atom. The molecule has 0 bridgehead atoms. The van der Waals surface area contributed by atoms with Gasteiger partial charge in [-0.05, 0) is 46.7 Å². The van der Waals surface area contributed by atoms with Gasteiger partial charge in [0.25, 0.3) is 0 Å². The van der Waals surface area contributed by atoms with Crippen LogP contribution in [0.2, 0.25) is 0 Å². The number of benzene rings is 1. The number of halogens is 2. The van der Waals surface area contributed by atoms with Gasteiger partial charge in [0.05, 0.1) is 6.61 Å².